The van der Waals surface area contributed by atoms with Crippen LogP contribution in [0.3, 0.4) is 0 Å². The Bertz CT molecular complexity index is 581. The average molecular weight is 362 g/mol. The molecule has 0 saturated carbocycles. The van der Waals surface area contributed by atoms with E-state index < -0.39 is 0 Å². The summed E-state index contributed by atoms with van der Waals surface area (Å²) < 4.78 is 0. The van der Waals surface area contributed by atoms with Crippen molar-refractivity contribution in [3.8, 4) is 0 Å². The van der Waals surface area contributed by atoms with Gasteiger partial charge in [0.1, 0.15) is 6.54 Å². The van der Waals surface area contributed by atoms with Crippen molar-refractivity contribution in [1.29, 1.82) is 0 Å². The van der Waals surface area contributed by atoms with E-state index in [2.05, 4.69) is 35.2 Å². The summed E-state index contributed by atoms with van der Waals surface area (Å²) in [5, 5.41) is 0. The number of benzene rings is 1. The van der Waals surface area contributed by atoms with Gasteiger partial charge in [-0.2, -0.15) is 0 Å². The maximum Gasteiger partial charge on any atom is 0.242 e. The minimum absolute atomic E-state index is 0.0933. The van der Waals surface area contributed by atoms with E-state index in [1.807, 2.05) is 4.90 Å². The Hall–Kier alpha value is -1.53. The third-order valence-corrected chi connectivity index (χ3v) is 5.82. The Labute approximate surface area is 154 Å². The predicted molar refractivity (Wildman–Crippen MR) is 101 cm³/mol. The van der Waals surface area contributed by atoms with Crippen LogP contribution < -0.4 is 0 Å². The highest BCUT2D eigenvalue weighted by Crippen LogP contribution is 2.15. The number of hydrogen-bond donors (Lipinski definition) is 0. The van der Waals surface area contributed by atoms with Crippen molar-refractivity contribution < 1.29 is 9.59 Å². The van der Waals surface area contributed by atoms with E-state index in [0.717, 1.165) is 52.0 Å². The van der Waals surface area contributed by atoms with Crippen LogP contribution in [0.25, 0.3) is 0 Å². The summed E-state index contributed by atoms with van der Waals surface area (Å²) in [6, 6.07) is 10.6. The molecule has 0 spiro atoms. The largest absolute Gasteiger partial charge is 0.340 e. The van der Waals surface area contributed by atoms with Crippen molar-refractivity contribution in [2.45, 2.75) is 19.3 Å². The topological polar surface area (TPSA) is 43.9 Å². The Kier molecular flexibility index (Phi) is 6.76. The molecule has 3 rings (SSSR count). The maximum absolute atomic E-state index is 12.5. The van der Waals surface area contributed by atoms with E-state index >= 15 is 0 Å². The van der Waals surface area contributed by atoms with Crippen LogP contribution in [0.15, 0.2) is 30.3 Å². The molecule has 2 saturated heterocycles. The molecule has 1 aromatic carbocycles. The van der Waals surface area contributed by atoms with E-state index in [0.29, 0.717) is 11.6 Å². The normalized spacial score (nSPS) is 19.3. The molecule has 0 N–H and O–H groups in total. The Morgan fingerprint density at radius 2 is 1.92 bits per heavy atom. The smallest absolute Gasteiger partial charge is 0.242 e. The van der Waals surface area contributed by atoms with Gasteiger partial charge in [-0.05, 0) is 37.9 Å². The predicted octanol–water partition coefficient (Wildman–Crippen LogP) is 1.69. The van der Waals surface area contributed by atoms with Crippen LogP contribution >= 0.6 is 11.8 Å². The summed E-state index contributed by atoms with van der Waals surface area (Å²) in [7, 11) is 0. The SMILES string of the molecule is O=C(CN1CSCC1=O)N1CCCN(CCCc2ccccc2)CC1. The Morgan fingerprint density at radius 3 is 2.68 bits per heavy atom. The number of nitrogens with zero attached hydrogens (tertiary/aromatic N) is 3. The van der Waals surface area contributed by atoms with E-state index in [-0.39, 0.29) is 18.4 Å². The van der Waals surface area contributed by atoms with Crippen molar-refractivity contribution in [2.75, 3.05) is 50.9 Å². The van der Waals surface area contributed by atoms with Crippen molar-refractivity contribution >= 4 is 23.6 Å². The van der Waals surface area contributed by atoms with Gasteiger partial charge >= 0.3 is 0 Å². The first-order chi connectivity index (χ1) is 12.2. The molecule has 6 heteroatoms. The van der Waals surface area contributed by atoms with Gasteiger partial charge in [0.25, 0.3) is 0 Å². The second-order valence-corrected chi connectivity index (χ2v) is 7.69. The second kappa shape index (κ2) is 9.25. The van der Waals surface area contributed by atoms with E-state index in [9.17, 15) is 9.59 Å². The fourth-order valence-corrected chi connectivity index (χ4v) is 4.30. The van der Waals surface area contributed by atoms with Crippen LogP contribution in [0.2, 0.25) is 0 Å². The van der Waals surface area contributed by atoms with E-state index in [1.54, 1.807) is 16.7 Å². The zero-order chi connectivity index (χ0) is 17.5. The second-order valence-electron chi connectivity index (χ2n) is 6.73. The molecule has 0 aromatic heterocycles. The molecule has 2 aliphatic rings. The molecule has 0 radical (unpaired) electrons. The molecule has 0 atom stereocenters. The van der Waals surface area contributed by atoms with Gasteiger partial charge in [-0.1, -0.05) is 30.3 Å². The first kappa shape index (κ1) is 18.3. The fraction of sp³-hybridized carbons (Fsp3) is 0.579. The monoisotopic (exact) mass is 361 g/mol. The first-order valence-corrected chi connectivity index (χ1v) is 10.3. The molecule has 0 aliphatic carbocycles. The minimum Gasteiger partial charge on any atom is -0.340 e. The standard InChI is InChI=1S/C19H27N3O2S/c23-18(14-22-16-25-15-19(22)24)21-11-5-10-20(12-13-21)9-4-8-17-6-2-1-3-7-17/h1-3,6-7H,4-5,8-16H2. The number of amides is 2. The lowest BCUT2D eigenvalue weighted by atomic mass is 10.1. The Balaban J connectivity index is 1.39. The Morgan fingerprint density at radius 1 is 1.08 bits per heavy atom. The highest BCUT2D eigenvalue weighted by molar-refractivity contribution is 8.00. The van der Waals surface area contributed by atoms with Gasteiger partial charge in [-0.3, -0.25) is 9.59 Å². The molecular weight excluding hydrogens is 334 g/mol. The zero-order valence-corrected chi connectivity index (χ0v) is 15.5. The van der Waals surface area contributed by atoms with Crippen molar-refractivity contribution in [3.05, 3.63) is 35.9 Å². The number of thioether (sulfide) groups is 1. The van der Waals surface area contributed by atoms with Gasteiger partial charge in [-0.25, -0.2) is 0 Å². The first-order valence-electron chi connectivity index (χ1n) is 9.12. The van der Waals surface area contributed by atoms with Crippen LogP contribution in [0, 0.1) is 0 Å². The number of carbonyl (C=O) groups excluding carboxylic acids is 2. The van der Waals surface area contributed by atoms with Gasteiger partial charge in [-0.15, -0.1) is 11.8 Å². The minimum atomic E-state index is 0.0933. The third-order valence-electron chi connectivity index (χ3n) is 4.88. The quantitative estimate of drug-likeness (QED) is 0.773. The van der Waals surface area contributed by atoms with E-state index in [1.165, 1.54) is 5.56 Å². The molecule has 136 valence electrons. The van der Waals surface area contributed by atoms with Crippen molar-refractivity contribution in [1.82, 2.24) is 14.7 Å². The molecule has 0 unspecified atom stereocenters. The highest BCUT2D eigenvalue weighted by atomic mass is 32.2. The maximum atomic E-state index is 12.5. The summed E-state index contributed by atoms with van der Waals surface area (Å²) >= 11 is 1.59. The van der Waals surface area contributed by atoms with Crippen LogP contribution in [-0.4, -0.2) is 77.4 Å². The number of hydrogen-bond acceptors (Lipinski definition) is 4. The van der Waals surface area contributed by atoms with Crippen LogP contribution in [0.5, 0.6) is 0 Å². The number of rotatable bonds is 6. The molecule has 0 bridgehead atoms. The molecule has 2 fully saturated rings. The summed E-state index contributed by atoms with van der Waals surface area (Å²) in [6.45, 7) is 4.90. The van der Waals surface area contributed by atoms with Crippen LogP contribution in [0.1, 0.15) is 18.4 Å². The summed E-state index contributed by atoms with van der Waals surface area (Å²) in [4.78, 5) is 30.2. The number of aryl methyl sites for hydroxylation is 1. The number of carbonyl (C=O) groups is 2. The molecule has 2 aliphatic heterocycles. The van der Waals surface area contributed by atoms with E-state index in [4.69, 9.17) is 0 Å². The average Bonchev–Trinajstić information content (AvgIpc) is 2.88. The lowest BCUT2D eigenvalue weighted by Gasteiger charge is -2.24. The molecule has 2 heterocycles. The molecule has 1 aromatic rings. The van der Waals surface area contributed by atoms with Gasteiger partial charge < -0.3 is 14.7 Å². The highest BCUT2D eigenvalue weighted by Gasteiger charge is 2.26. The van der Waals surface area contributed by atoms with Crippen molar-refractivity contribution in [3.63, 3.8) is 0 Å². The summed E-state index contributed by atoms with van der Waals surface area (Å²) in [6.07, 6.45) is 3.27. The zero-order valence-electron chi connectivity index (χ0n) is 14.7. The lowest BCUT2D eigenvalue weighted by molar-refractivity contribution is -0.137. The van der Waals surface area contributed by atoms with Crippen LogP contribution in [-0.2, 0) is 16.0 Å². The molecule has 2 amide bonds. The third kappa shape index (κ3) is 5.47. The lowest BCUT2D eigenvalue weighted by Crippen LogP contribution is -2.42. The summed E-state index contributed by atoms with van der Waals surface area (Å²) in [5.74, 6) is 1.37. The van der Waals surface area contributed by atoms with Gasteiger partial charge in [0.15, 0.2) is 0 Å². The molecular formula is C19H27N3O2S. The van der Waals surface area contributed by atoms with Crippen LogP contribution in [0.4, 0.5) is 0 Å². The van der Waals surface area contributed by atoms with Gasteiger partial charge in [0.2, 0.25) is 11.8 Å². The summed E-state index contributed by atoms with van der Waals surface area (Å²) in [5.41, 5.74) is 1.39. The van der Waals surface area contributed by atoms with Gasteiger partial charge in [0, 0.05) is 19.6 Å². The van der Waals surface area contributed by atoms with Gasteiger partial charge in [0.05, 0.1) is 11.6 Å². The van der Waals surface area contributed by atoms with Crippen molar-refractivity contribution in [2.24, 2.45) is 0 Å². The molecule has 5 nitrogen and oxygen atoms in total. The molecule has 25 heavy (non-hydrogen) atoms. The fourth-order valence-electron chi connectivity index (χ4n) is 3.40.